The molecule has 0 aliphatic heterocycles. The van der Waals surface area contributed by atoms with Gasteiger partial charge in [-0.05, 0) is 18.6 Å². The maximum Gasteiger partial charge on any atom is 0.246 e. The number of nitrogens with one attached hydrogen (secondary N) is 1. The van der Waals surface area contributed by atoms with Crippen molar-refractivity contribution < 1.29 is 13.6 Å². The third-order valence-corrected chi connectivity index (χ3v) is 2.91. The van der Waals surface area contributed by atoms with Crippen molar-refractivity contribution in [3.05, 3.63) is 41.7 Å². The Hall–Kier alpha value is -2.35. The number of aromatic nitrogens is 3. The molecule has 112 valence electrons. The van der Waals surface area contributed by atoms with Crippen LogP contribution in [-0.4, -0.2) is 20.9 Å². The minimum atomic E-state index is -0.837. The van der Waals surface area contributed by atoms with E-state index in [1.54, 1.807) is 0 Å². The number of halogens is 2. The highest BCUT2D eigenvalue weighted by molar-refractivity contribution is 5.90. The van der Waals surface area contributed by atoms with Gasteiger partial charge in [-0.1, -0.05) is 18.2 Å². The lowest BCUT2D eigenvalue weighted by Gasteiger charge is -2.07. The van der Waals surface area contributed by atoms with Gasteiger partial charge in [0.05, 0.1) is 17.9 Å². The van der Waals surface area contributed by atoms with E-state index in [1.165, 1.54) is 16.9 Å². The smallest absolute Gasteiger partial charge is 0.246 e. The van der Waals surface area contributed by atoms with Gasteiger partial charge >= 0.3 is 0 Å². The first-order chi connectivity index (χ1) is 10.0. The molecular formula is C13H15F2N5O. The molecule has 1 aromatic carbocycles. The van der Waals surface area contributed by atoms with Gasteiger partial charge in [-0.15, -0.1) is 5.10 Å². The van der Waals surface area contributed by atoms with Crippen LogP contribution in [0.2, 0.25) is 0 Å². The van der Waals surface area contributed by atoms with Crippen molar-refractivity contribution >= 4 is 11.6 Å². The lowest BCUT2D eigenvalue weighted by atomic mass is 10.2. The minimum Gasteiger partial charge on any atom is -0.323 e. The number of carbonyl (C=O) groups is 1. The van der Waals surface area contributed by atoms with Crippen LogP contribution in [0.1, 0.15) is 25.1 Å². The number of para-hydroxylation sites is 1. The summed E-state index contributed by atoms with van der Waals surface area (Å²) in [6.07, 6.45) is 2.22. The Balaban J connectivity index is 2.03. The summed E-state index contributed by atoms with van der Waals surface area (Å²) in [4.78, 5) is 11.8. The van der Waals surface area contributed by atoms with Gasteiger partial charge in [-0.2, -0.15) is 0 Å². The summed E-state index contributed by atoms with van der Waals surface area (Å²) in [5.74, 6) is -2.29. The van der Waals surface area contributed by atoms with Crippen LogP contribution in [0.3, 0.4) is 0 Å². The molecule has 0 aliphatic carbocycles. The van der Waals surface area contributed by atoms with Crippen molar-refractivity contribution in [2.75, 3.05) is 5.32 Å². The van der Waals surface area contributed by atoms with Crippen LogP contribution in [-0.2, 0) is 11.3 Å². The Kier molecular flexibility index (Phi) is 4.59. The van der Waals surface area contributed by atoms with E-state index in [1.807, 2.05) is 6.92 Å². The average molecular weight is 295 g/mol. The Morgan fingerprint density at radius 1 is 1.43 bits per heavy atom. The Morgan fingerprint density at radius 2 is 2.10 bits per heavy atom. The van der Waals surface area contributed by atoms with Crippen molar-refractivity contribution in [1.82, 2.24) is 15.0 Å². The van der Waals surface area contributed by atoms with Crippen LogP contribution < -0.4 is 11.1 Å². The molecule has 2 aromatic rings. The second-order valence-corrected chi connectivity index (χ2v) is 4.50. The van der Waals surface area contributed by atoms with E-state index in [0.717, 1.165) is 12.1 Å². The third-order valence-electron chi connectivity index (χ3n) is 2.91. The van der Waals surface area contributed by atoms with Crippen LogP contribution in [0.4, 0.5) is 14.5 Å². The Bertz CT molecular complexity index is 623. The number of hydrogen-bond acceptors (Lipinski definition) is 4. The molecule has 1 aromatic heterocycles. The second kappa shape index (κ2) is 6.40. The molecule has 1 unspecified atom stereocenters. The number of rotatable bonds is 5. The van der Waals surface area contributed by atoms with E-state index in [2.05, 4.69) is 15.6 Å². The molecule has 21 heavy (non-hydrogen) atoms. The molecule has 0 radical (unpaired) electrons. The first-order valence-corrected chi connectivity index (χ1v) is 6.40. The summed E-state index contributed by atoms with van der Waals surface area (Å²) < 4.78 is 28.1. The van der Waals surface area contributed by atoms with Crippen molar-refractivity contribution in [2.24, 2.45) is 5.73 Å². The summed E-state index contributed by atoms with van der Waals surface area (Å²) >= 11 is 0. The first kappa shape index (κ1) is 15.0. The highest BCUT2D eigenvalue weighted by Gasteiger charge is 2.14. The maximum absolute atomic E-state index is 13.4. The second-order valence-electron chi connectivity index (χ2n) is 4.50. The number of anilines is 1. The molecule has 8 heteroatoms. The Labute approximate surface area is 119 Å². The van der Waals surface area contributed by atoms with Crippen LogP contribution in [0.15, 0.2) is 24.4 Å². The molecule has 0 spiro atoms. The van der Waals surface area contributed by atoms with E-state index in [0.29, 0.717) is 12.1 Å². The largest absolute Gasteiger partial charge is 0.323 e. The topological polar surface area (TPSA) is 85.8 Å². The Morgan fingerprint density at radius 3 is 2.71 bits per heavy atom. The number of amides is 1. The zero-order chi connectivity index (χ0) is 15.4. The summed E-state index contributed by atoms with van der Waals surface area (Å²) in [7, 11) is 0. The summed E-state index contributed by atoms with van der Waals surface area (Å²) in [6.45, 7) is 1.69. The monoisotopic (exact) mass is 295 g/mol. The highest BCUT2D eigenvalue weighted by atomic mass is 19.1. The minimum absolute atomic E-state index is 0.211. The number of carbonyl (C=O) groups excluding carboxylic acids is 1. The summed E-state index contributed by atoms with van der Waals surface area (Å²) in [6, 6.07) is 3.08. The maximum atomic E-state index is 13.4. The van der Waals surface area contributed by atoms with Crippen LogP contribution in [0.5, 0.6) is 0 Å². The van der Waals surface area contributed by atoms with E-state index < -0.39 is 23.2 Å². The third kappa shape index (κ3) is 3.60. The fourth-order valence-electron chi connectivity index (χ4n) is 1.71. The molecule has 1 amide bonds. The molecular weight excluding hydrogens is 280 g/mol. The van der Waals surface area contributed by atoms with Gasteiger partial charge in [-0.25, -0.2) is 13.5 Å². The van der Waals surface area contributed by atoms with E-state index in [9.17, 15) is 13.6 Å². The molecule has 0 aliphatic rings. The molecule has 2 rings (SSSR count). The highest BCUT2D eigenvalue weighted by Crippen LogP contribution is 2.18. The van der Waals surface area contributed by atoms with Gasteiger partial charge in [0.1, 0.15) is 23.9 Å². The standard InChI is InChI=1S/C13H15F2N5O/c1-2-10(16)11-6-20(19-18-11)7-12(21)17-13-8(14)4-3-5-9(13)15/h3-6,10H,2,7,16H2,1H3,(H,17,21). The summed E-state index contributed by atoms with van der Waals surface area (Å²) in [5.41, 5.74) is 5.87. The molecule has 0 saturated carbocycles. The van der Waals surface area contributed by atoms with Crippen molar-refractivity contribution in [1.29, 1.82) is 0 Å². The lowest BCUT2D eigenvalue weighted by Crippen LogP contribution is -2.20. The molecule has 0 bridgehead atoms. The number of nitrogens with two attached hydrogens (primary N) is 1. The van der Waals surface area contributed by atoms with Crippen molar-refractivity contribution in [3.8, 4) is 0 Å². The van der Waals surface area contributed by atoms with Gasteiger partial charge in [0.25, 0.3) is 0 Å². The lowest BCUT2D eigenvalue weighted by molar-refractivity contribution is -0.117. The van der Waals surface area contributed by atoms with Crippen molar-refractivity contribution in [2.45, 2.75) is 25.9 Å². The summed E-state index contributed by atoms with van der Waals surface area (Å²) in [5, 5.41) is 9.76. The molecule has 0 fully saturated rings. The predicted octanol–water partition coefficient (Wildman–Crippen LogP) is 1.60. The average Bonchev–Trinajstić information content (AvgIpc) is 2.90. The van der Waals surface area contributed by atoms with E-state index in [4.69, 9.17) is 5.73 Å². The van der Waals surface area contributed by atoms with Crippen molar-refractivity contribution in [3.63, 3.8) is 0 Å². The normalized spacial score (nSPS) is 12.2. The fourth-order valence-corrected chi connectivity index (χ4v) is 1.71. The SMILES string of the molecule is CCC(N)c1cn(CC(=O)Nc2c(F)cccc2F)nn1. The predicted molar refractivity (Wildman–Crippen MR) is 72.2 cm³/mol. The van der Waals surface area contributed by atoms with Crippen LogP contribution >= 0.6 is 0 Å². The van der Waals surface area contributed by atoms with Gasteiger partial charge in [0, 0.05) is 0 Å². The molecule has 6 nitrogen and oxygen atoms in total. The number of benzene rings is 1. The number of hydrogen-bond donors (Lipinski definition) is 2. The first-order valence-electron chi connectivity index (χ1n) is 6.40. The van der Waals surface area contributed by atoms with E-state index in [-0.39, 0.29) is 12.6 Å². The van der Waals surface area contributed by atoms with E-state index >= 15 is 0 Å². The molecule has 1 atom stereocenters. The zero-order valence-electron chi connectivity index (χ0n) is 11.4. The molecule has 0 saturated heterocycles. The van der Waals surface area contributed by atoms with Gasteiger partial charge in [-0.3, -0.25) is 4.79 Å². The van der Waals surface area contributed by atoms with Gasteiger partial charge in [0.15, 0.2) is 0 Å². The van der Waals surface area contributed by atoms with Crippen LogP contribution in [0, 0.1) is 11.6 Å². The van der Waals surface area contributed by atoms with Crippen LogP contribution in [0.25, 0.3) is 0 Å². The van der Waals surface area contributed by atoms with Gasteiger partial charge in [0.2, 0.25) is 5.91 Å². The number of nitrogens with zero attached hydrogens (tertiary/aromatic N) is 3. The fraction of sp³-hybridized carbons (Fsp3) is 0.308. The van der Waals surface area contributed by atoms with Gasteiger partial charge < -0.3 is 11.1 Å². The molecule has 3 N–H and O–H groups in total. The zero-order valence-corrected chi connectivity index (χ0v) is 11.4. The quantitative estimate of drug-likeness (QED) is 0.877. The molecule has 1 heterocycles.